The maximum absolute atomic E-state index is 12.3. The second kappa shape index (κ2) is 7.96. The summed E-state index contributed by atoms with van der Waals surface area (Å²) in [4.78, 5) is 23.8. The fourth-order valence-corrected chi connectivity index (χ4v) is 6.74. The molecule has 3 rings (SSSR count). The van der Waals surface area contributed by atoms with Gasteiger partial charge in [-0.3, -0.25) is 9.59 Å². The van der Waals surface area contributed by atoms with E-state index in [1.165, 1.54) is 6.42 Å². The predicted octanol–water partition coefficient (Wildman–Crippen LogP) is 5.52. The highest BCUT2D eigenvalue weighted by molar-refractivity contribution is 5.70. The fraction of sp³-hybridized carbons (Fsp3) is 0.840. The highest BCUT2D eigenvalue weighted by Crippen LogP contribution is 2.66. The Morgan fingerprint density at radius 1 is 1.17 bits per heavy atom. The average molecular weight is 421 g/mol. The fourth-order valence-electron chi connectivity index (χ4n) is 6.74. The van der Waals surface area contributed by atoms with E-state index in [4.69, 9.17) is 9.47 Å². The van der Waals surface area contributed by atoms with E-state index in [2.05, 4.69) is 26.8 Å². The molecule has 0 radical (unpaired) electrons. The highest BCUT2D eigenvalue weighted by atomic mass is 16.5. The van der Waals surface area contributed by atoms with E-state index in [-0.39, 0.29) is 35.7 Å². The number of carbonyl (C=O) groups is 2. The zero-order chi connectivity index (χ0) is 22.4. The van der Waals surface area contributed by atoms with E-state index >= 15 is 0 Å². The molecule has 4 atom stereocenters. The maximum atomic E-state index is 12.3. The minimum Gasteiger partial charge on any atom is -0.481 e. The molecule has 3 aliphatic rings. The Hall–Kier alpha value is -1.36. The van der Waals surface area contributed by atoms with Crippen LogP contribution in [0.15, 0.2) is 11.6 Å². The molecule has 1 aliphatic heterocycles. The molecule has 0 bridgehead atoms. The number of carbonyl (C=O) groups excluding carboxylic acids is 1. The second-order valence-corrected chi connectivity index (χ2v) is 11.5. The molecular formula is C25H40O5. The standard InChI is InChI=1S/C25H40O5/c1-17(2)14-21(28)29-16-18-8-9-19-22(3,4)10-7-11-24(19,6)25(18)13-12-23(5,30-25)15-20(26)27/h8,17,19H,7,9-16H2,1-6H3,(H,26,27)/t19-,23-,24+,25-/m1/s1. The second-order valence-electron chi connectivity index (χ2n) is 11.5. The maximum Gasteiger partial charge on any atom is 0.306 e. The van der Waals surface area contributed by atoms with Crippen LogP contribution in [0.3, 0.4) is 0 Å². The Bertz CT molecular complexity index is 723. The van der Waals surface area contributed by atoms with Gasteiger partial charge >= 0.3 is 11.9 Å². The molecule has 0 aromatic rings. The smallest absolute Gasteiger partial charge is 0.306 e. The van der Waals surface area contributed by atoms with Crippen LogP contribution in [0.5, 0.6) is 0 Å². The first-order valence-electron chi connectivity index (χ1n) is 11.6. The van der Waals surface area contributed by atoms with Crippen LogP contribution in [0, 0.1) is 22.7 Å². The van der Waals surface area contributed by atoms with Crippen molar-refractivity contribution in [2.45, 2.75) is 104 Å². The van der Waals surface area contributed by atoms with E-state index in [0.717, 1.165) is 31.3 Å². The van der Waals surface area contributed by atoms with Crippen molar-refractivity contribution in [1.29, 1.82) is 0 Å². The summed E-state index contributed by atoms with van der Waals surface area (Å²) in [6.07, 6.45) is 8.50. The molecule has 30 heavy (non-hydrogen) atoms. The number of ether oxygens (including phenoxy) is 2. The number of hydrogen-bond acceptors (Lipinski definition) is 4. The van der Waals surface area contributed by atoms with Gasteiger partial charge in [-0.2, -0.15) is 0 Å². The molecule has 1 spiro atoms. The molecule has 1 N–H and O–H groups in total. The van der Waals surface area contributed by atoms with Crippen molar-refractivity contribution < 1.29 is 24.2 Å². The van der Waals surface area contributed by atoms with Gasteiger partial charge in [0.25, 0.3) is 0 Å². The highest BCUT2D eigenvalue weighted by Gasteiger charge is 2.65. The molecule has 2 fully saturated rings. The van der Waals surface area contributed by atoms with Crippen molar-refractivity contribution in [3.8, 4) is 0 Å². The summed E-state index contributed by atoms with van der Waals surface area (Å²) in [5, 5.41) is 9.47. The van der Waals surface area contributed by atoms with Crippen molar-refractivity contribution in [3.05, 3.63) is 11.6 Å². The van der Waals surface area contributed by atoms with Gasteiger partial charge in [0.2, 0.25) is 0 Å². The van der Waals surface area contributed by atoms with Crippen LogP contribution in [0.4, 0.5) is 0 Å². The minimum absolute atomic E-state index is 0.000688. The van der Waals surface area contributed by atoms with Gasteiger partial charge in [0.05, 0.1) is 17.6 Å². The number of esters is 1. The lowest BCUT2D eigenvalue weighted by Crippen LogP contribution is -2.60. The van der Waals surface area contributed by atoms with E-state index < -0.39 is 17.2 Å². The molecule has 2 aliphatic carbocycles. The van der Waals surface area contributed by atoms with Gasteiger partial charge in [0.15, 0.2) is 0 Å². The molecule has 0 amide bonds. The normalized spacial score (nSPS) is 37.7. The molecular weight excluding hydrogens is 380 g/mol. The first-order chi connectivity index (χ1) is 13.8. The van der Waals surface area contributed by atoms with Crippen LogP contribution in [-0.4, -0.2) is 34.9 Å². The summed E-state index contributed by atoms with van der Waals surface area (Å²) in [7, 11) is 0. The average Bonchev–Trinajstić information content (AvgIpc) is 2.93. The Morgan fingerprint density at radius 3 is 2.50 bits per heavy atom. The summed E-state index contributed by atoms with van der Waals surface area (Å²) in [6.45, 7) is 13.3. The summed E-state index contributed by atoms with van der Waals surface area (Å²) >= 11 is 0. The van der Waals surface area contributed by atoms with Crippen LogP contribution < -0.4 is 0 Å². The van der Waals surface area contributed by atoms with E-state index in [1.807, 2.05) is 20.8 Å². The van der Waals surface area contributed by atoms with Crippen LogP contribution in [-0.2, 0) is 19.1 Å². The lowest BCUT2D eigenvalue weighted by molar-refractivity contribution is -0.196. The molecule has 170 valence electrons. The van der Waals surface area contributed by atoms with E-state index in [0.29, 0.717) is 18.8 Å². The van der Waals surface area contributed by atoms with Gasteiger partial charge in [-0.25, -0.2) is 0 Å². The van der Waals surface area contributed by atoms with E-state index in [1.54, 1.807) is 0 Å². The topological polar surface area (TPSA) is 72.8 Å². The third kappa shape index (κ3) is 4.06. The molecule has 1 heterocycles. The SMILES string of the molecule is CC(C)CC(=O)OCC1=CC[C@@H]2C(C)(C)CCC[C@]2(C)[C@@]12CC[C@](C)(CC(=O)O)O2. The zero-order valence-corrected chi connectivity index (χ0v) is 19.7. The first kappa shape index (κ1) is 23.3. The number of aliphatic carboxylic acids is 1. The number of carboxylic acid groups (broad SMARTS) is 1. The zero-order valence-electron chi connectivity index (χ0n) is 19.7. The molecule has 1 saturated heterocycles. The van der Waals surface area contributed by atoms with Crippen LogP contribution in [0.1, 0.15) is 92.9 Å². The number of fused-ring (bicyclic) bond motifs is 2. The lowest BCUT2D eigenvalue weighted by atomic mass is 9.46. The lowest BCUT2D eigenvalue weighted by Gasteiger charge is -2.61. The van der Waals surface area contributed by atoms with Gasteiger partial charge in [-0.05, 0) is 61.9 Å². The summed E-state index contributed by atoms with van der Waals surface area (Å²) in [5.41, 5.74) is -0.106. The number of carboxylic acids is 1. The number of hydrogen-bond donors (Lipinski definition) is 1. The van der Waals surface area contributed by atoms with Crippen molar-refractivity contribution in [3.63, 3.8) is 0 Å². The van der Waals surface area contributed by atoms with Gasteiger partial charge in [0, 0.05) is 11.8 Å². The van der Waals surface area contributed by atoms with Gasteiger partial charge in [-0.1, -0.05) is 47.1 Å². The Labute approximate surface area is 181 Å². The molecule has 0 aromatic carbocycles. The van der Waals surface area contributed by atoms with E-state index in [9.17, 15) is 14.7 Å². The molecule has 5 heteroatoms. The molecule has 0 unspecified atom stereocenters. The largest absolute Gasteiger partial charge is 0.481 e. The van der Waals surface area contributed by atoms with Crippen molar-refractivity contribution in [2.24, 2.45) is 22.7 Å². The quantitative estimate of drug-likeness (QED) is 0.452. The predicted molar refractivity (Wildman–Crippen MR) is 116 cm³/mol. The number of allylic oxidation sites excluding steroid dienone is 1. The monoisotopic (exact) mass is 420 g/mol. The van der Waals surface area contributed by atoms with Gasteiger partial charge in [0.1, 0.15) is 6.61 Å². The molecule has 0 aromatic heterocycles. The summed E-state index contributed by atoms with van der Waals surface area (Å²) < 4.78 is 12.5. The molecule has 1 saturated carbocycles. The first-order valence-corrected chi connectivity index (χ1v) is 11.6. The Kier molecular flexibility index (Phi) is 6.18. The van der Waals surface area contributed by atoms with Gasteiger partial charge in [-0.15, -0.1) is 0 Å². The summed E-state index contributed by atoms with van der Waals surface area (Å²) in [6, 6.07) is 0. The van der Waals surface area contributed by atoms with Gasteiger partial charge < -0.3 is 14.6 Å². The van der Waals surface area contributed by atoms with Crippen molar-refractivity contribution in [1.82, 2.24) is 0 Å². The third-order valence-electron chi connectivity index (χ3n) is 8.19. The number of rotatable bonds is 6. The molecule has 5 nitrogen and oxygen atoms in total. The third-order valence-corrected chi connectivity index (χ3v) is 8.19. The van der Waals surface area contributed by atoms with Crippen molar-refractivity contribution in [2.75, 3.05) is 6.61 Å². The Morgan fingerprint density at radius 2 is 1.87 bits per heavy atom. The van der Waals surface area contributed by atoms with Crippen LogP contribution in [0.25, 0.3) is 0 Å². The van der Waals surface area contributed by atoms with Crippen molar-refractivity contribution >= 4 is 11.9 Å². The van der Waals surface area contributed by atoms with Crippen LogP contribution in [0.2, 0.25) is 0 Å². The van der Waals surface area contributed by atoms with Crippen LogP contribution >= 0.6 is 0 Å². The minimum atomic E-state index is -0.829. The summed E-state index contributed by atoms with van der Waals surface area (Å²) in [5.74, 6) is -0.288. The Balaban J connectivity index is 1.96.